The summed E-state index contributed by atoms with van der Waals surface area (Å²) in [6, 6.07) is 12.8. The lowest BCUT2D eigenvalue weighted by Crippen LogP contribution is -2.20. The van der Waals surface area contributed by atoms with E-state index in [1.165, 1.54) is 43.3 Å². The number of alkyl halides is 6. The van der Waals surface area contributed by atoms with Crippen LogP contribution in [-0.2, 0) is 27.2 Å². The number of sulfone groups is 1. The third kappa shape index (κ3) is 6.56. The fourth-order valence-electron chi connectivity index (χ4n) is 3.45. The van der Waals surface area contributed by atoms with Crippen LogP contribution in [0.3, 0.4) is 0 Å². The van der Waals surface area contributed by atoms with Gasteiger partial charge in [-0.15, -0.1) is 13.2 Å². The van der Waals surface area contributed by atoms with Crippen LogP contribution in [0.15, 0.2) is 71.6 Å². The third-order valence-corrected chi connectivity index (χ3v) is 6.80. The molecule has 0 saturated carbocycles. The summed E-state index contributed by atoms with van der Waals surface area (Å²) < 4.78 is 108. The molecule has 0 aromatic heterocycles. The van der Waals surface area contributed by atoms with Crippen molar-refractivity contribution >= 4 is 21.4 Å². The SMILES string of the molecule is CCS(=O)(=O)c1ccc(CC(=O)Nc2cccc(-c3ccccc3OC(F)(F)F)c2C(F)(F)F)cc1. The monoisotopic (exact) mass is 531 g/mol. The topological polar surface area (TPSA) is 72.5 Å². The summed E-state index contributed by atoms with van der Waals surface area (Å²) in [7, 11) is -3.47. The van der Waals surface area contributed by atoms with E-state index in [0.29, 0.717) is 5.56 Å². The van der Waals surface area contributed by atoms with E-state index in [2.05, 4.69) is 10.1 Å². The predicted octanol–water partition coefficient (Wildman–Crippen LogP) is 6.25. The lowest BCUT2D eigenvalue weighted by atomic mass is 9.96. The highest BCUT2D eigenvalue weighted by Crippen LogP contribution is 2.45. The number of carbonyl (C=O) groups excluding carboxylic acids is 1. The maximum Gasteiger partial charge on any atom is 0.573 e. The third-order valence-electron chi connectivity index (χ3n) is 5.05. The van der Waals surface area contributed by atoms with Gasteiger partial charge in [0.15, 0.2) is 9.84 Å². The molecule has 192 valence electrons. The molecule has 5 nitrogen and oxygen atoms in total. The van der Waals surface area contributed by atoms with Crippen molar-refractivity contribution in [2.75, 3.05) is 11.1 Å². The number of anilines is 1. The first-order chi connectivity index (χ1) is 16.7. The van der Waals surface area contributed by atoms with E-state index in [1.807, 2.05) is 0 Å². The Bertz CT molecular complexity index is 1350. The largest absolute Gasteiger partial charge is 0.573 e. The number of amides is 1. The Morgan fingerprint density at radius 2 is 1.47 bits per heavy atom. The van der Waals surface area contributed by atoms with Gasteiger partial charge in [0.25, 0.3) is 0 Å². The maximum atomic E-state index is 14.1. The van der Waals surface area contributed by atoms with Gasteiger partial charge in [0.05, 0.1) is 28.3 Å². The standard InChI is InChI=1S/C24H19F6NO4S/c1-2-36(33,34)16-12-10-15(11-13-16)14-21(32)31-19-8-5-7-18(22(19)23(25,26)27)17-6-3-4-9-20(17)35-24(28,29)30/h3-13H,2,14H2,1H3,(H,31,32). The molecule has 0 aliphatic rings. The van der Waals surface area contributed by atoms with Gasteiger partial charge in [-0.1, -0.05) is 49.4 Å². The maximum absolute atomic E-state index is 14.1. The average molecular weight is 531 g/mol. The van der Waals surface area contributed by atoms with Crippen LogP contribution < -0.4 is 10.1 Å². The number of ether oxygens (including phenoxy) is 1. The van der Waals surface area contributed by atoms with Crippen molar-refractivity contribution < 1.29 is 44.3 Å². The average Bonchev–Trinajstić information content (AvgIpc) is 2.78. The minimum atomic E-state index is -5.13. The Labute approximate surface area is 202 Å². The van der Waals surface area contributed by atoms with Gasteiger partial charge in [-0.25, -0.2) is 8.42 Å². The Hall–Kier alpha value is -3.54. The second-order valence-corrected chi connectivity index (χ2v) is 9.82. The van der Waals surface area contributed by atoms with Gasteiger partial charge in [0.1, 0.15) is 5.75 Å². The van der Waals surface area contributed by atoms with Crippen molar-refractivity contribution in [3.8, 4) is 16.9 Å². The van der Waals surface area contributed by atoms with Crippen LogP contribution in [0.4, 0.5) is 32.0 Å². The van der Waals surface area contributed by atoms with E-state index >= 15 is 0 Å². The van der Waals surface area contributed by atoms with E-state index in [4.69, 9.17) is 0 Å². The van der Waals surface area contributed by atoms with E-state index in [0.717, 1.165) is 30.3 Å². The normalized spacial score (nSPS) is 12.3. The molecule has 3 aromatic rings. The number of carbonyl (C=O) groups is 1. The Kier molecular flexibility index (Phi) is 7.68. The molecule has 36 heavy (non-hydrogen) atoms. The zero-order valence-electron chi connectivity index (χ0n) is 18.6. The Balaban J connectivity index is 1.95. The van der Waals surface area contributed by atoms with Gasteiger partial charge >= 0.3 is 12.5 Å². The first-order valence-corrected chi connectivity index (χ1v) is 12.0. The molecule has 1 amide bonds. The molecule has 0 bridgehead atoms. The number of nitrogens with one attached hydrogen (secondary N) is 1. The van der Waals surface area contributed by atoms with E-state index in [9.17, 15) is 39.6 Å². The molecule has 0 fully saturated rings. The van der Waals surface area contributed by atoms with Gasteiger partial charge in [0.2, 0.25) is 5.91 Å². The molecule has 0 radical (unpaired) electrons. The molecule has 0 unspecified atom stereocenters. The fraction of sp³-hybridized carbons (Fsp3) is 0.208. The number of benzene rings is 3. The number of hydrogen-bond acceptors (Lipinski definition) is 4. The molecule has 3 aromatic carbocycles. The van der Waals surface area contributed by atoms with Crippen LogP contribution in [-0.4, -0.2) is 26.4 Å². The fourth-order valence-corrected chi connectivity index (χ4v) is 4.33. The summed E-state index contributed by atoms with van der Waals surface area (Å²) in [5.41, 5.74) is -2.74. The van der Waals surface area contributed by atoms with Crippen LogP contribution in [0.25, 0.3) is 11.1 Å². The highest BCUT2D eigenvalue weighted by molar-refractivity contribution is 7.91. The van der Waals surface area contributed by atoms with Crippen LogP contribution in [0.1, 0.15) is 18.1 Å². The smallest absolute Gasteiger partial charge is 0.405 e. The quantitative estimate of drug-likeness (QED) is 0.366. The van der Waals surface area contributed by atoms with Crippen LogP contribution in [0.5, 0.6) is 5.75 Å². The van der Waals surface area contributed by atoms with Crippen LogP contribution in [0, 0.1) is 0 Å². The summed E-state index contributed by atoms with van der Waals surface area (Å²) in [5, 5.41) is 2.16. The van der Waals surface area contributed by atoms with E-state index in [-0.39, 0.29) is 17.1 Å². The lowest BCUT2D eigenvalue weighted by molar-refractivity contribution is -0.274. The minimum Gasteiger partial charge on any atom is -0.405 e. The number of para-hydroxylation sites is 1. The number of halogens is 6. The molecule has 0 aliphatic carbocycles. The van der Waals surface area contributed by atoms with E-state index < -0.39 is 56.4 Å². The van der Waals surface area contributed by atoms with Crippen molar-refractivity contribution in [1.29, 1.82) is 0 Å². The second-order valence-electron chi connectivity index (χ2n) is 7.54. The zero-order chi connectivity index (χ0) is 26.7. The Morgan fingerprint density at radius 3 is 2.06 bits per heavy atom. The van der Waals surface area contributed by atoms with Gasteiger partial charge < -0.3 is 10.1 Å². The summed E-state index contributed by atoms with van der Waals surface area (Å²) in [5.74, 6) is -1.80. The lowest BCUT2D eigenvalue weighted by Gasteiger charge is -2.20. The van der Waals surface area contributed by atoms with Gasteiger partial charge in [-0.3, -0.25) is 4.79 Å². The van der Waals surface area contributed by atoms with Crippen LogP contribution >= 0.6 is 0 Å². The first-order valence-electron chi connectivity index (χ1n) is 10.4. The summed E-state index contributed by atoms with van der Waals surface area (Å²) in [6.07, 6.45) is -10.5. The second kappa shape index (κ2) is 10.2. The Morgan fingerprint density at radius 1 is 0.861 bits per heavy atom. The molecule has 12 heteroatoms. The van der Waals surface area contributed by atoms with Crippen LogP contribution in [0.2, 0.25) is 0 Å². The van der Waals surface area contributed by atoms with Gasteiger partial charge in [-0.2, -0.15) is 13.2 Å². The van der Waals surface area contributed by atoms with Gasteiger partial charge in [0, 0.05) is 5.56 Å². The minimum absolute atomic E-state index is 0.0426. The van der Waals surface area contributed by atoms with Crippen molar-refractivity contribution in [2.45, 2.75) is 30.8 Å². The van der Waals surface area contributed by atoms with Crippen molar-refractivity contribution in [2.24, 2.45) is 0 Å². The molecular formula is C24H19F6NO4S. The zero-order valence-corrected chi connectivity index (χ0v) is 19.4. The summed E-state index contributed by atoms with van der Waals surface area (Å²) in [4.78, 5) is 12.6. The molecule has 0 atom stereocenters. The predicted molar refractivity (Wildman–Crippen MR) is 120 cm³/mol. The van der Waals surface area contributed by atoms with Gasteiger partial charge in [-0.05, 0) is 35.4 Å². The van der Waals surface area contributed by atoms with Crippen molar-refractivity contribution in [1.82, 2.24) is 0 Å². The molecule has 3 rings (SSSR count). The molecule has 1 N–H and O–H groups in total. The summed E-state index contributed by atoms with van der Waals surface area (Å²) >= 11 is 0. The first kappa shape index (κ1) is 27.1. The number of hydrogen-bond donors (Lipinski definition) is 1. The summed E-state index contributed by atoms with van der Waals surface area (Å²) in [6.45, 7) is 1.47. The number of rotatable bonds is 7. The molecule has 0 heterocycles. The molecular weight excluding hydrogens is 512 g/mol. The van der Waals surface area contributed by atoms with Crippen molar-refractivity contribution in [3.05, 3.63) is 77.9 Å². The molecule has 0 spiro atoms. The highest BCUT2D eigenvalue weighted by atomic mass is 32.2. The van der Waals surface area contributed by atoms with E-state index in [1.54, 1.807) is 0 Å². The molecule has 0 saturated heterocycles. The highest BCUT2D eigenvalue weighted by Gasteiger charge is 2.38. The van der Waals surface area contributed by atoms with Crippen molar-refractivity contribution in [3.63, 3.8) is 0 Å². The molecule has 0 aliphatic heterocycles.